The van der Waals surface area contributed by atoms with Crippen molar-refractivity contribution in [3.63, 3.8) is 0 Å². The summed E-state index contributed by atoms with van der Waals surface area (Å²) in [7, 11) is 0. The van der Waals surface area contributed by atoms with Crippen LogP contribution < -0.4 is 0 Å². The Bertz CT molecular complexity index is 715. The molecule has 1 N–H and O–H groups in total. The number of rotatable bonds is 9. The molecular weight excluding hydrogens is 377 g/mol. The van der Waals surface area contributed by atoms with Gasteiger partial charge < -0.3 is 9.67 Å². The number of aliphatic hydroxyl groups excluding tert-OH is 1. The number of alkyl halides is 4. The lowest BCUT2D eigenvalue weighted by Gasteiger charge is -2.26. The average molecular weight is 403 g/mol. The number of aliphatic hydroxyl groups is 1. The molecule has 0 radical (unpaired) electrons. The van der Waals surface area contributed by atoms with Gasteiger partial charge in [-0.15, -0.1) is 11.6 Å². The van der Waals surface area contributed by atoms with Gasteiger partial charge >= 0.3 is 6.18 Å². The van der Waals surface area contributed by atoms with Crippen molar-refractivity contribution < 1.29 is 18.3 Å². The van der Waals surface area contributed by atoms with E-state index in [0.717, 1.165) is 18.3 Å². The van der Waals surface area contributed by atoms with Crippen LogP contribution in [0.1, 0.15) is 30.7 Å². The minimum absolute atomic E-state index is 0.167. The second-order valence-electron chi connectivity index (χ2n) is 7.22. The lowest BCUT2D eigenvalue weighted by molar-refractivity contribution is -0.137. The Morgan fingerprint density at radius 2 is 1.89 bits per heavy atom. The summed E-state index contributed by atoms with van der Waals surface area (Å²) in [5.74, 6) is 0.583. The van der Waals surface area contributed by atoms with E-state index in [9.17, 15) is 18.3 Å². The topological polar surface area (TPSA) is 28.4 Å². The van der Waals surface area contributed by atoms with E-state index >= 15 is 0 Å². The SMILES string of the molecule is CC(C)CN(Cc1cccn1Cc1cccc(C(F)(F)F)c1)CC(O)CCl. The van der Waals surface area contributed by atoms with E-state index in [1.165, 1.54) is 12.1 Å². The fourth-order valence-corrected chi connectivity index (χ4v) is 3.18. The zero-order valence-electron chi connectivity index (χ0n) is 15.6. The molecule has 150 valence electrons. The highest BCUT2D eigenvalue weighted by Gasteiger charge is 2.30. The number of nitrogens with zero attached hydrogens (tertiary/aromatic N) is 2. The Morgan fingerprint density at radius 1 is 1.15 bits per heavy atom. The van der Waals surface area contributed by atoms with Crippen molar-refractivity contribution in [2.75, 3.05) is 19.0 Å². The second-order valence-corrected chi connectivity index (χ2v) is 7.53. The van der Waals surface area contributed by atoms with Gasteiger partial charge in [0, 0.05) is 43.9 Å². The fourth-order valence-electron chi connectivity index (χ4n) is 3.09. The molecule has 0 saturated heterocycles. The van der Waals surface area contributed by atoms with Gasteiger partial charge in [0.15, 0.2) is 0 Å². The lowest BCUT2D eigenvalue weighted by Crippen LogP contribution is -2.36. The molecule has 27 heavy (non-hydrogen) atoms. The van der Waals surface area contributed by atoms with Crippen molar-refractivity contribution in [2.45, 2.75) is 39.2 Å². The van der Waals surface area contributed by atoms with Crippen LogP contribution in [0, 0.1) is 5.92 Å². The molecule has 2 rings (SSSR count). The minimum Gasteiger partial charge on any atom is -0.391 e. The van der Waals surface area contributed by atoms with Crippen molar-refractivity contribution in [3.05, 3.63) is 59.4 Å². The van der Waals surface area contributed by atoms with Crippen molar-refractivity contribution in [1.29, 1.82) is 0 Å². The maximum atomic E-state index is 12.9. The highest BCUT2D eigenvalue weighted by atomic mass is 35.5. The largest absolute Gasteiger partial charge is 0.416 e. The van der Waals surface area contributed by atoms with Crippen molar-refractivity contribution in [3.8, 4) is 0 Å². The standard InChI is InChI=1S/C20H26ClF3N2O/c1-15(2)11-25(14-19(27)10-21)13-18-7-4-8-26(18)12-16-5-3-6-17(9-16)20(22,23)24/h3-9,15,19,27H,10-14H2,1-2H3. The Hall–Kier alpha value is -1.50. The summed E-state index contributed by atoms with van der Waals surface area (Å²) in [5.41, 5.74) is 0.939. The van der Waals surface area contributed by atoms with Crippen molar-refractivity contribution in [2.24, 2.45) is 5.92 Å². The normalized spacial score (nSPS) is 13.5. The zero-order chi connectivity index (χ0) is 20.0. The van der Waals surface area contributed by atoms with Crippen LogP contribution in [-0.2, 0) is 19.3 Å². The molecule has 2 aromatic rings. The number of benzene rings is 1. The van der Waals surface area contributed by atoms with Crippen LogP contribution in [0.4, 0.5) is 13.2 Å². The molecule has 0 fully saturated rings. The van der Waals surface area contributed by atoms with Crippen LogP contribution in [0.2, 0.25) is 0 Å². The van der Waals surface area contributed by atoms with Crippen LogP contribution in [0.25, 0.3) is 0 Å². The first-order valence-electron chi connectivity index (χ1n) is 8.95. The van der Waals surface area contributed by atoms with Crippen LogP contribution >= 0.6 is 11.6 Å². The average Bonchev–Trinajstić information content (AvgIpc) is 3.00. The van der Waals surface area contributed by atoms with Gasteiger partial charge in [-0.2, -0.15) is 13.2 Å². The molecule has 7 heteroatoms. The highest BCUT2D eigenvalue weighted by molar-refractivity contribution is 6.18. The van der Waals surface area contributed by atoms with E-state index in [2.05, 4.69) is 18.7 Å². The van der Waals surface area contributed by atoms with Gasteiger partial charge in [-0.3, -0.25) is 4.90 Å². The summed E-state index contributed by atoms with van der Waals surface area (Å²) >= 11 is 5.73. The Morgan fingerprint density at radius 3 is 2.52 bits per heavy atom. The molecule has 0 aliphatic carbocycles. The molecule has 0 aliphatic heterocycles. The van der Waals surface area contributed by atoms with E-state index in [0.29, 0.717) is 31.1 Å². The molecule has 0 amide bonds. The summed E-state index contributed by atoms with van der Waals surface area (Å²) in [4.78, 5) is 2.12. The van der Waals surface area contributed by atoms with Crippen LogP contribution in [-0.4, -0.2) is 39.6 Å². The molecule has 1 aromatic heterocycles. The summed E-state index contributed by atoms with van der Waals surface area (Å²) < 4.78 is 40.7. The minimum atomic E-state index is -4.35. The first-order chi connectivity index (χ1) is 12.7. The van der Waals surface area contributed by atoms with Crippen LogP contribution in [0.15, 0.2) is 42.6 Å². The van der Waals surface area contributed by atoms with E-state index in [4.69, 9.17) is 11.6 Å². The van der Waals surface area contributed by atoms with Crippen LogP contribution in [0.3, 0.4) is 0 Å². The molecule has 0 spiro atoms. The molecule has 1 unspecified atom stereocenters. The molecule has 1 heterocycles. The van der Waals surface area contributed by atoms with E-state index in [1.807, 2.05) is 22.9 Å². The number of hydrogen-bond acceptors (Lipinski definition) is 2. The van der Waals surface area contributed by atoms with Crippen LogP contribution in [0.5, 0.6) is 0 Å². The maximum absolute atomic E-state index is 12.9. The number of aromatic nitrogens is 1. The summed E-state index contributed by atoms with van der Waals surface area (Å²) in [6.45, 7) is 6.40. The van der Waals surface area contributed by atoms with Gasteiger partial charge in [0.1, 0.15) is 0 Å². The predicted molar refractivity (Wildman–Crippen MR) is 102 cm³/mol. The molecule has 1 atom stereocenters. The van der Waals surface area contributed by atoms with Gasteiger partial charge in [-0.1, -0.05) is 26.0 Å². The number of halogens is 4. The van der Waals surface area contributed by atoms with Crippen molar-refractivity contribution in [1.82, 2.24) is 9.47 Å². The molecule has 0 saturated carbocycles. The maximum Gasteiger partial charge on any atom is 0.416 e. The summed E-state index contributed by atoms with van der Waals surface area (Å²) in [6.07, 6.45) is -3.10. The molecule has 1 aromatic carbocycles. The van der Waals surface area contributed by atoms with E-state index in [-0.39, 0.29) is 5.88 Å². The number of hydrogen-bond donors (Lipinski definition) is 1. The third-order valence-corrected chi connectivity index (χ3v) is 4.54. The van der Waals surface area contributed by atoms with E-state index in [1.54, 1.807) is 6.07 Å². The summed E-state index contributed by atoms with van der Waals surface area (Å²) in [6, 6.07) is 9.23. The summed E-state index contributed by atoms with van der Waals surface area (Å²) in [5, 5.41) is 9.89. The third-order valence-electron chi connectivity index (χ3n) is 4.19. The van der Waals surface area contributed by atoms with Gasteiger partial charge in [0.25, 0.3) is 0 Å². The van der Waals surface area contributed by atoms with E-state index < -0.39 is 17.8 Å². The highest BCUT2D eigenvalue weighted by Crippen LogP contribution is 2.29. The Labute approximate surface area is 163 Å². The van der Waals surface area contributed by atoms with Crippen molar-refractivity contribution >= 4 is 11.6 Å². The lowest BCUT2D eigenvalue weighted by atomic mass is 10.1. The predicted octanol–water partition coefficient (Wildman–Crippen LogP) is 4.61. The first-order valence-corrected chi connectivity index (χ1v) is 9.49. The smallest absolute Gasteiger partial charge is 0.391 e. The van der Waals surface area contributed by atoms with Gasteiger partial charge in [-0.05, 0) is 35.7 Å². The Kier molecular flexibility index (Phi) is 7.77. The quantitative estimate of drug-likeness (QED) is 0.620. The second kappa shape index (κ2) is 9.62. The fraction of sp³-hybridized carbons (Fsp3) is 0.500. The molecule has 3 nitrogen and oxygen atoms in total. The molecule has 0 bridgehead atoms. The Balaban J connectivity index is 2.14. The monoisotopic (exact) mass is 402 g/mol. The van der Waals surface area contributed by atoms with Gasteiger partial charge in [-0.25, -0.2) is 0 Å². The third kappa shape index (κ3) is 6.87. The van der Waals surface area contributed by atoms with Gasteiger partial charge in [0.05, 0.1) is 11.7 Å². The first kappa shape index (κ1) is 21.8. The molecule has 0 aliphatic rings. The van der Waals surface area contributed by atoms with Gasteiger partial charge in [0.2, 0.25) is 0 Å². The zero-order valence-corrected chi connectivity index (χ0v) is 16.3. The molecular formula is C20H26ClF3N2O.